The minimum atomic E-state index is -0.0976. The van der Waals surface area contributed by atoms with Crippen molar-refractivity contribution >= 4 is 17.8 Å². The molecule has 0 bridgehead atoms. The standard InChI is InChI=1S/C20H24N2O3S/c1-22(13-14-8-9-19(26-3)18(12-14)24-2)20(23)21-16-10-11-25-17-7-5-4-6-15(16)17/h4-9,12,16H,10-11,13H2,1-3H3,(H,21,23). The van der Waals surface area contributed by atoms with Crippen molar-refractivity contribution in [2.24, 2.45) is 0 Å². The number of hydrogen-bond acceptors (Lipinski definition) is 4. The number of methoxy groups -OCH3 is 1. The molecule has 1 aliphatic rings. The highest BCUT2D eigenvalue weighted by molar-refractivity contribution is 7.98. The lowest BCUT2D eigenvalue weighted by molar-refractivity contribution is 0.194. The highest BCUT2D eigenvalue weighted by Crippen LogP contribution is 2.32. The van der Waals surface area contributed by atoms with Gasteiger partial charge in [-0.25, -0.2) is 4.79 Å². The van der Waals surface area contributed by atoms with E-state index in [1.807, 2.05) is 48.7 Å². The van der Waals surface area contributed by atoms with E-state index in [0.717, 1.165) is 33.9 Å². The van der Waals surface area contributed by atoms with Crippen molar-refractivity contribution in [3.8, 4) is 11.5 Å². The van der Waals surface area contributed by atoms with Gasteiger partial charge < -0.3 is 19.7 Å². The van der Waals surface area contributed by atoms with E-state index in [0.29, 0.717) is 13.2 Å². The van der Waals surface area contributed by atoms with E-state index in [1.165, 1.54) is 0 Å². The van der Waals surface area contributed by atoms with Crippen LogP contribution >= 0.6 is 11.8 Å². The number of thioether (sulfide) groups is 1. The smallest absolute Gasteiger partial charge is 0.317 e. The fraction of sp³-hybridized carbons (Fsp3) is 0.350. The summed E-state index contributed by atoms with van der Waals surface area (Å²) in [6.07, 6.45) is 2.79. The number of para-hydroxylation sites is 1. The number of rotatable bonds is 5. The summed E-state index contributed by atoms with van der Waals surface area (Å²) in [7, 11) is 3.47. The summed E-state index contributed by atoms with van der Waals surface area (Å²) in [6, 6.07) is 13.8. The molecule has 6 heteroatoms. The van der Waals surface area contributed by atoms with Crippen molar-refractivity contribution in [3.05, 3.63) is 53.6 Å². The highest BCUT2D eigenvalue weighted by Gasteiger charge is 2.23. The zero-order chi connectivity index (χ0) is 18.5. The van der Waals surface area contributed by atoms with E-state index in [4.69, 9.17) is 9.47 Å². The van der Waals surface area contributed by atoms with Crippen LogP contribution in [0.1, 0.15) is 23.6 Å². The van der Waals surface area contributed by atoms with E-state index in [9.17, 15) is 4.79 Å². The third kappa shape index (κ3) is 4.07. The van der Waals surface area contributed by atoms with Crippen molar-refractivity contribution in [1.82, 2.24) is 10.2 Å². The number of carbonyl (C=O) groups is 1. The molecule has 0 spiro atoms. The number of hydrogen-bond donors (Lipinski definition) is 1. The SMILES string of the molecule is COc1cc(CN(C)C(=O)NC2CCOc3ccccc32)ccc1SC. The van der Waals surface area contributed by atoms with Gasteiger partial charge in [0.1, 0.15) is 11.5 Å². The van der Waals surface area contributed by atoms with Gasteiger partial charge in [-0.1, -0.05) is 24.3 Å². The number of urea groups is 1. The lowest BCUT2D eigenvalue weighted by Gasteiger charge is -2.28. The quantitative estimate of drug-likeness (QED) is 0.804. The van der Waals surface area contributed by atoms with Gasteiger partial charge in [-0.2, -0.15) is 0 Å². The Morgan fingerprint density at radius 2 is 2.15 bits per heavy atom. The summed E-state index contributed by atoms with van der Waals surface area (Å²) in [5.74, 6) is 1.69. The van der Waals surface area contributed by atoms with Gasteiger partial charge in [0.15, 0.2) is 0 Å². The maximum absolute atomic E-state index is 12.6. The Labute approximate surface area is 158 Å². The highest BCUT2D eigenvalue weighted by atomic mass is 32.2. The van der Waals surface area contributed by atoms with E-state index in [1.54, 1.807) is 30.8 Å². The van der Waals surface area contributed by atoms with Crippen LogP contribution in [0.5, 0.6) is 11.5 Å². The summed E-state index contributed by atoms with van der Waals surface area (Å²) in [5.41, 5.74) is 2.07. The molecule has 1 atom stereocenters. The number of fused-ring (bicyclic) bond motifs is 1. The van der Waals surface area contributed by atoms with Crippen molar-refractivity contribution < 1.29 is 14.3 Å². The molecule has 26 heavy (non-hydrogen) atoms. The van der Waals surface area contributed by atoms with Crippen LogP contribution in [-0.4, -0.2) is 38.0 Å². The second-order valence-corrected chi connectivity index (χ2v) is 7.07. The molecule has 0 radical (unpaired) electrons. The molecule has 5 nitrogen and oxygen atoms in total. The summed E-state index contributed by atoms with van der Waals surface area (Å²) in [5, 5.41) is 3.12. The van der Waals surface area contributed by atoms with Gasteiger partial charge in [-0.3, -0.25) is 0 Å². The Hall–Kier alpha value is -2.34. The third-order valence-corrected chi connectivity index (χ3v) is 5.25. The van der Waals surface area contributed by atoms with Crippen molar-refractivity contribution in [2.75, 3.05) is 27.0 Å². The van der Waals surface area contributed by atoms with Gasteiger partial charge in [-0.05, 0) is 30.0 Å². The molecule has 0 aromatic heterocycles. The normalized spacial score (nSPS) is 15.6. The summed E-state index contributed by atoms with van der Waals surface area (Å²) >= 11 is 1.64. The molecule has 1 heterocycles. The first-order valence-corrected chi connectivity index (χ1v) is 9.79. The molecule has 1 aliphatic heterocycles. The molecule has 0 fully saturated rings. The Balaban J connectivity index is 1.66. The van der Waals surface area contributed by atoms with E-state index >= 15 is 0 Å². The third-order valence-electron chi connectivity index (χ3n) is 4.47. The minimum absolute atomic E-state index is 0.0247. The molecule has 3 rings (SSSR count). The first kappa shape index (κ1) is 18.5. The van der Waals surface area contributed by atoms with Crippen LogP contribution in [0.2, 0.25) is 0 Å². The predicted octanol–water partition coefficient (Wildman–Crippen LogP) is 4.08. The average Bonchev–Trinajstić information content (AvgIpc) is 2.68. The van der Waals surface area contributed by atoms with Gasteiger partial charge >= 0.3 is 6.03 Å². The molecule has 0 saturated carbocycles. The summed E-state index contributed by atoms with van der Waals surface area (Å²) < 4.78 is 11.1. The molecule has 1 unspecified atom stereocenters. The van der Waals surface area contributed by atoms with Crippen LogP contribution in [0.3, 0.4) is 0 Å². The van der Waals surface area contributed by atoms with Crippen LogP contribution in [0, 0.1) is 0 Å². The fourth-order valence-electron chi connectivity index (χ4n) is 3.08. The number of amides is 2. The lowest BCUT2D eigenvalue weighted by Crippen LogP contribution is -2.40. The van der Waals surface area contributed by atoms with E-state index in [-0.39, 0.29) is 12.1 Å². The zero-order valence-electron chi connectivity index (χ0n) is 15.3. The van der Waals surface area contributed by atoms with Crippen molar-refractivity contribution in [2.45, 2.75) is 23.9 Å². The zero-order valence-corrected chi connectivity index (χ0v) is 16.1. The second-order valence-electron chi connectivity index (χ2n) is 6.22. The molecule has 2 amide bonds. The fourth-order valence-corrected chi connectivity index (χ4v) is 3.62. The van der Waals surface area contributed by atoms with Crippen molar-refractivity contribution in [3.63, 3.8) is 0 Å². The molecular weight excluding hydrogens is 348 g/mol. The molecule has 2 aromatic rings. The van der Waals surface area contributed by atoms with Gasteiger partial charge in [0, 0.05) is 30.5 Å². The largest absolute Gasteiger partial charge is 0.496 e. The molecule has 138 valence electrons. The maximum Gasteiger partial charge on any atom is 0.317 e. The molecule has 0 aliphatic carbocycles. The molecule has 2 aromatic carbocycles. The van der Waals surface area contributed by atoms with Crippen LogP contribution in [0.15, 0.2) is 47.4 Å². The van der Waals surface area contributed by atoms with Crippen LogP contribution in [0.4, 0.5) is 4.79 Å². The monoisotopic (exact) mass is 372 g/mol. The first-order valence-electron chi connectivity index (χ1n) is 8.56. The molecular formula is C20H24N2O3S. The topological polar surface area (TPSA) is 50.8 Å². The Morgan fingerprint density at radius 3 is 2.92 bits per heavy atom. The van der Waals surface area contributed by atoms with Crippen molar-refractivity contribution in [1.29, 1.82) is 0 Å². The van der Waals surface area contributed by atoms with Crippen LogP contribution in [0.25, 0.3) is 0 Å². The average molecular weight is 372 g/mol. The van der Waals surface area contributed by atoms with Gasteiger partial charge in [0.05, 0.1) is 19.8 Å². The predicted molar refractivity (Wildman–Crippen MR) is 104 cm³/mol. The second kappa shape index (κ2) is 8.36. The Bertz CT molecular complexity index is 781. The molecule has 0 saturated heterocycles. The Morgan fingerprint density at radius 1 is 1.35 bits per heavy atom. The minimum Gasteiger partial charge on any atom is -0.496 e. The van der Waals surface area contributed by atoms with E-state index in [2.05, 4.69) is 5.32 Å². The Kier molecular flexibility index (Phi) is 5.93. The number of nitrogens with zero attached hydrogens (tertiary/aromatic N) is 1. The maximum atomic E-state index is 12.6. The summed E-state index contributed by atoms with van der Waals surface area (Å²) in [4.78, 5) is 15.4. The van der Waals surface area contributed by atoms with Crippen LogP contribution in [-0.2, 0) is 6.54 Å². The van der Waals surface area contributed by atoms with Crippen LogP contribution < -0.4 is 14.8 Å². The number of benzene rings is 2. The number of nitrogens with one attached hydrogen (secondary N) is 1. The van der Waals surface area contributed by atoms with Gasteiger partial charge in [-0.15, -0.1) is 11.8 Å². The van der Waals surface area contributed by atoms with Gasteiger partial charge in [0.2, 0.25) is 0 Å². The van der Waals surface area contributed by atoms with E-state index < -0.39 is 0 Å². The molecule has 1 N–H and O–H groups in total. The lowest BCUT2D eigenvalue weighted by atomic mass is 10.0. The number of carbonyl (C=O) groups excluding carboxylic acids is 1. The summed E-state index contributed by atoms with van der Waals surface area (Å²) in [6.45, 7) is 1.13. The first-order chi connectivity index (χ1) is 12.6. The number of ether oxygens (including phenoxy) is 2. The van der Waals surface area contributed by atoms with Gasteiger partial charge in [0.25, 0.3) is 0 Å².